The van der Waals surface area contributed by atoms with Gasteiger partial charge in [0.15, 0.2) is 18.1 Å². The predicted molar refractivity (Wildman–Crippen MR) is 136 cm³/mol. The maximum Gasteiger partial charge on any atom is 0.278 e. The van der Waals surface area contributed by atoms with Crippen molar-refractivity contribution in [2.24, 2.45) is 12.8 Å². The van der Waals surface area contributed by atoms with E-state index in [0.717, 1.165) is 6.92 Å². The van der Waals surface area contributed by atoms with Crippen molar-refractivity contribution < 1.29 is 22.7 Å². The Morgan fingerprint density at radius 3 is 2.62 bits per heavy atom. The molecule has 11 heteroatoms. The SMILES string of the molecule is Cn1c(=O)c(C(N)=O)c(N2CCC(c3nc4cc(N)ccc4o3)CC2)c2cc(OCC(C)(F)F)ccc21. The number of nitrogens with two attached hydrogens (primary N) is 2. The molecular formula is C26H27F2N5O4. The number of primary amides is 1. The number of oxazole rings is 1. The molecule has 1 aliphatic rings. The summed E-state index contributed by atoms with van der Waals surface area (Å²) in [7, 11) is 1.54. The third kappa shape index (κ3) is 4.68. The van der Waals surface area contributed by atoms with Gasteiger partial charge in [0.2, 0.25) is 0 Å². The monoisotopic (exact) mass is 511 g/mol. The summed E-state index contributed by atoms with van der Waals surface area (Å²) in [5.74, 6) is -3.03. The molecule has 2 aromatic heterocycles. The van der Waals surface area contributed by atoms with E-state index in [1.165, 1.54) is 17.7 Å². The predicted octanol–water partition coefficient (Wildman–Crippen LogP) is 3.78. The highest BCUT2D eigenvalue weighted by atomic mass is 19.3. The Morgan fingerprint density at radius 2 is 1.95 bits per heavy atom. The molecule has 9 nitrogen and oxygen atoms in total. The van der Waals surface area contributed by atoms with Crippen LogP contribution in [0.15, 0.2) is 45.6 Å². The molecule has 0 aliphatic carbocycles. The lowest BCUT2D eigenvalue weighted by atomic mass is 9.95. The van der Waals surface area contributed by atoms with Crippen LogP contribution >= 0.6 is 0 Å². The topological polar surface area (TPSA) is 130 Å². The highest BCUT2D eigenvalue weighted by Gasteiger charge is 2.30. The van der Waals surface area contributed by atoms with Crippen LogP contribution in [0.2, 0.25) is 0 Å². The lowest BCUT2D eigenvalue weighted by Crippen LogP contribution is -2.38. The third-order valence-corrected chi connectivity index (χ3v) is 6.67. The van der Waals surface area contributed by atoms with Gasteiger partial charge in [0, 0.05) is 44.1 Å². The molecule has 37 heavy (non-hydrogen) atoms. The van der Waals surface area contributed by atoms with Crippen molar-refractivity contribution in [1.29, 1.82) is 0 Å². The van der Waals surface area contributed by atoms with Crippen molar-refractivity contribution >= 4 is 39.3 Å². The average Bonchev–Trinajstić information content (AvgIpc) is 3.27. The highest BCUT2D eigenvalue weighted by Crippen LogP contribution is 2.37. The number of fused-ring (bicyclic) bond motifs is 2. The largest absolute Gasteiger partial charge is 0.487 e. The fraction of sp³-hybridized carbons (Fsp3) is 0.346. The Labute approximate surface area is 210 Å². The highest BCUT2D eigenvalue weighted by molar-refractivity contribution is 6.07. The second-order valence-electron chi connectivity index (χ2n) is 9.53. The molecule has 0 unspecified atom stereocenters. The fourth-order valence-corrected chi connectivity index (χ4v) is 4.85. The molecule has 3 heterocycles. The molecule has 194 valence electrons. The van der Waals surface area contributed by atoms with Gasteiger partial charge >= 0.3 is 0 Å². The van der Waals surface area contributed by atoms with Gasteiger partial charge in [-0.05, 0) is 49.2 Å². The van der Waals surface area contributed by atoms with Gasteiger partial charge in [-0.1, -0.05) is 0 Å². The zero-order valence-corrected chi connectivity index (χ0v) is 20.5. The maximum absolute atomic E-state index is 13.4. The molecule has 0 saturated carbocycles. The summed E-state index contributed by atoms with van der Waals surface area (Å²) in [5, 5.41) is 0.517. The molecule has 1 aliphatic heterocycles. The maximum atomic E-state index is 13.4. The van der Waals surface area contributed by atoms with E-state index in [2.05, 4.69) is 4.98 Å². The number of pyridine rings is 1. The van der Waals surface area contributed by atoms with E-state index in [-0.39, 0.29) is 17.2 Å². The molecule has 0 spiro atoms. The summed E-state index contributed by atoms with van der Waals surface area (Å²) in [5.41, 5.74) is 13.7. The number of halogens is 2. The van der Waals surface area contributed by atoms with Crippen molar-refractivity contribution in [3.8, 4) is 5.75 Å². The number of piperidine rings is 1. The summed E-state index contributed by atoms with van der Waals surface area (Å²) in [6.45, 7) is 0.951. The lowest BCUT2D eigenvalue weighted by molar-refractivity contribution is -0.0229. The number of nitrogens with zero attached hydrogens (tertiary/aromatic N) is 3. The summed E-state index contributed by atoms with van der Waals surface area (Å²) in [6.07, 6.45) is 1.30. The van der Waals surface area contributed by atoms with Crippen molar-refractivity contribution in [1.82, 2.24) is 9.55 Å². The number of rotatable bonds is 6. The van der Waals surface area contributed by atoms with Crippen LogP contribution in [-0.2, 0) is 7.05 Å². The first-order chi connectivity index (χ1) is 17.5. The van der Waals surface area contributed by atoms with E-state index in [9.17, 15) is 18.4 Å². The first-order valence-electron chi connectivity index (χ1n) is 11.9. The van der Waals surface area contributed by atoms with Crippen LogP contribution in [-0.4, -0.2) is 41.1 Å². The Hall–Kier alpha value is -4.15. The summed E-state index contributed by atoms with van der Waals surface area (Å²) < 4.78 is 39.3. The van der Waals surface area contributed by atoms with Crippen LogP contribution < -0.4 is 26.7 Å². The molecule has 4 N–H and O–H groups in total. The minimum absolute atomic E-state index is 0.0328. The number of carbonyl (C=O) groups is 1. The van der Waals surface area contributed by atoms with Crippen LogP contribution in [0.5, 0.6) is 5.75 Å². The molecule has 4 aromatic rings. The number of anilines is 2. The molecule has 0 bridgehead atoms. The van der Waals surface area contributed by atoms with Gasteiger partial charge in [-0.3, -0.25) is 9.59 Å². The third-order valence-electron chi connectivity index (χ3n) is 6.67. The number of ether oxygens (including phenoxy) is 1. The smallest absolute Gasteiger partial charge is 0.278 e. The number of amides is 1. The first-order valence-corrected chi connectivity index (χ1v) is 11.9. The Kier molecular flexibility index (Phi) is 6.01. The second-order valence-corrected chi connectivity index (χ2v) is 9.53. The Morgan fingerprint density at radius 1 is 1.22 bits per heavy atom. The van der Waals surface area contributed by atoms with Crippen molar-refractivity contribution in [3.63, 3.8) is 0 Å². The van der Waals surface area contributed by atoms with Crippen molar-refractivity contribution in [2.45, 2.75) is 31.6 Å². The molecule has 0 radical (unpaired) electrons. The normalized spacial score (nSPS) is 15.0. The molecule has 1 saturated heterocycles. The molecule has 5 rings (SSSR count). The van der Waals surface area contributed by atoms with Crippen molar-refractivity contribution in [3.05, 3.63) is 58.2 Å². The van der Waals surface area contributed by atoms with E-state index in [4.69, 9.17) is 20.6 Å². The van der Waals surface area contributed by atoms with E-state index in [1.54, 1.807) is 30.3 Å². The molecule has 0 atom stereocenters. The zero-order valence-electron chi connectivity index (χ0n) is 20.5. The number of aryl methyl sites for hydroxylation is 1. The van der Waals surface area contributed by atoms with Crippen LogP contribution in [0.3, 0.4) is 0 Å². The van der Waals surface area contributed by atoms with Gasteiger partial charge < -0.3 is 30.1 Å². The fourth-order valence-electron chi connectivity index (χ4n) is 4.85. The average molecular weight is 512 g/mol. The summed E-state index contributed by atoms with van der Waals surface area (Å²) >= 11 is 0. The summed E-state index contributed by atoms with van der Waals surface area (Å²) in [4.78, 5) is 32.1. The molecule has 1 amide bonds. The Bertz CT molecular complexity index is 1570. The van der Waals surface area contributed by atoms with Gasteiger partial charge in [0.25, 0.3) is 17.4 Å². The van der Waals surface area contributed by atoms with Crippen LogP contribution in [0.25, 0.3) is 22.0 Å². The lowest BCUT2D eigenvalue weighted by Gasteiger charge is -2.34. The minimum atomic E-state index is -3.02. The number of aromatic nitrogens is 2. The number of benzene rings is 2. The number of alkyl halides is 2. The van der Waals surface area contributed by atoms with E-state index in [0.29, 0.717) is 65.2 Å². The number of carbonyl (C=O) groups excluding carboxylic acids is 1. The van der Waals surface area contributed by atoms with Crippen LogP contribution in [0, 0.1) is 0 Å². The Balaban J connectivity index is 1.51. The van der Waals surface area contributed by atoms with Crippen molar-refractivity contribution in [2.75, 3.05) is 30.3 Å². The zero-order chi connectivity index (χ0) is 26.5. The van der Waals surface area contributed by atoms with Crippen LogP contribution in [0.4, 0.5) is 20.2 Å². The molecule has 1 fully saturated rings. The number of nitrogen functional groups attached to an aromatic ring is 1. The van der Waals surface area contributed by atoms with E-state index in [1.807, 2.05) is 4.90 Å². The molecule has 2 aromatic carbocycles. The van der Waals surface area contributed by atoms with Gasteiger partial charge in [-0.25, -0.2) is 13.8 Å². The first kappa shape index (κ1) is 24.5. The molecular weight excluding hydrogens is 484 g/mol. The second kappa shape index (κ2) is 9.06. The minimum Gasteiger partial charge on any atom is -0.487 e. The van der Waals surface area contributed by atoms with Gasteiger partial charge in [-0.2, -0.15) is 0 Å². The van der Waals surface area contributed by atoms with Gasteiger partial charge in [0.1, 0.15) is 16.8 Å². The van der Waals surface area contributed by atoms with Gasteiger partial charge in [-0.15, -0.1) is 0 Å². The summed E-state index contributed by atoms with van der Waals surface area (Å²) in [6, 6.07) is 10.0. The van der Waals surface area contributed by atoms with E-state index < -0.39 is 24.0 Å². The van der Waals surface area contributed by atoms with Crippen LogP contribution in [0.1, 0.15) is 41.9 Å². The quantitative estimate of drug-likeness (QED) is 0.377. The number of hydrogen-bond donors (Lipinski definition) is 2. The van der Waals surface area contributed by atoms with E-state index >= 15 is 0 Å². The van der Waals surface area contributed by atoms with Gasteiger partial charge in [0.05, 0.1) is 11.2 Å². The number of hydrogen-bond acceptors (Lipinski definition) is 7. The standard InChI is InChI=1S/C26H27F2N5O4/c1-26(27,28)13-36-16-4-5-19-17(12-16)22(21(23(30)34)25(35)32(19)2)33-9-7-14(8-10-33)24-31-18-11-15(29)3-6-20(18)37-24/h3-6,11-12,14H,7-10,13,29H2,1-2H3,(H2,30,34).